The van der Waals surface area contributed by atoms with E-state index in [1.807, 2.05) is 19.9 Å². The van der Waals surface area contributed by atoms with Crippen molar-refractivity contribution in [2.24, 2.45) is 5.92 Å². The summed E-state index contributed by atoms with van der Waals surface area (Å²) in [7, 11) is 0. The van der Waals surface area contributed by atoms with Gasteiger partial charge in [-0.2, -0.15) is 13.2 Å². The van der Waals surface area contributed by atoms with Crippen molar-refractivity contribution in [3.05, 3.63) is 71.7 Å². The van der Waals surface area contributed by atoms with Crippen LogP contribution in [0.2, 0.25) is 0 Å². The third-order valence-corrected chi connectivity index (χ3v) is 7.63. The molecule has 0 aliphatic carbocycles. The Morgan fingerprint density at radius 3 is 2.62 bits per heavy atom. The number of anilines is 2. The molecule has 0 spiro atoms. The maximum atomic E-state index is 14.8. The van der Waals surface area contributed by atoms with Gasteiger partial charge in [-0.3, -0.25) is 14.0 Å². The fourth-order valence-corrected chi connectivity index (χ4v) is 5.28. The Hall–Kier alpha value is -4.72. The van der Waals surface area contributed by atoms with Gasteiger partial charge >= 0.3 is 6.61 Å². The van der Waals surface area contributed by atoms with E-state index in [1.165, 1.54) is 23.0 Å². The number of benzene rings is 2. The average molecular weight is 628 g/mol. The molecule has 0 saturated carbocycles. The zero-order chi connectivity index (χ0) is 32.1. The highest BCUT2D eigenvalue weighted by Crippen LogP contribution is 2.32. The number of nitrogens with zero attached hydrogens (tertiary/aromatic N) is 3. The van der Waals surface area contributed by atoms with Crippen molar-refractivity contribution in [3.63, 3.8) is 0 Å². The summed E-state index contributed by atoms with van der Waals surface area (Å²) in [6.45, 7) is 2.42. The van der Waals surface area contributed by atoms with Crippen molar-refractivity contribution in [1.82, 2.24) is 30.3 Å². The standard InChI is InChI=1S/C31H33F4N7O3/c1-3-18-14-20(4-5-21(18)30(44)40-17(2)15-39-29(43)19-8-10-36-11-9-19)41-27-28-38-16-23(42(28)13-12-37-27)22-6-7-24(45-31(34)35)26(33)25(22)32/h4-7,12-14,16-17,19,31,36H,3,8-11,15H2,1-2H3,(H,37,41)(H,39,43)(H,40,44)/t17-/m1/s1. The number of fused-ring (bicyclic) bond motifs is 1. The highest BCUT2D eigenvalue weighted by molar-refractivity contribution is 5.96. The van der Waals surface area contributed by atoms with Gasteiger partial charge in [0.2, 0.25) is 11.7 Å². The second kappa shape index (κ2) is 13.9. The van der Waals surface area contributed by atoms with Gasteiger partial charge in [-0.15, -0.1) is 0 Å². The number of ether oxygens (including phenoxy) is 1. The van der Waals surface area contributed by atoms with E-state index in [4.69, 9.17) is 0 Å². The molecule has 2 amide bonds. The summed E-state index contributed by atoms with van der Waals surface area (Å²) in [4.78, 5) is 34.2. The predicted molar refractivity (Wildman–Crippen MR) is 160 cm³/mol. The Bertz CT molecular complexity index is 1690. The van der Waals surface area contributed by atoms with E-state index >= 15 is 0 Å². The van der Waals surface area contributed by atoms with E-state index in [2.05, 4.69) is 36.0 Å². The van der Waals surface area contributed by atoms with Gasteiger partial charge in [0, 0.05) is 47.7 Å². The number of carbonyl (C=O) groups is 2. The molecular weight excluding hydrogens is 594 g/mol. The van der Waals surface area contributed by atoms with Crippen LogP contribution in [0.1, 0.15) is 42.6 Å². The van der Waals surface area contributed by atoms with Crippen molar-refractivity contribution >= 4 is 29.0 Å². The summed E-state index contributed by atoms with van der Waals surface area (Å²) in [5.41, 5.74) is 2.12. The molecule has 238 valence electrons. The molecule has 0 radical (unpaired) electrons. The number of rotatable bonds is 11. The SMILES string of the molecule is CCc1cc(Nc2nccn3c(-c4ccc(OC(F)F)c(F)c4F)cnc23)ccc1C(=O)N[C@H](C)CNC(=O)C1CCNCC1. The zero-order valence-corrected chi connectivity index (χ0v) is 24.7. The third-order valence-electron chi connectivity index (χ3n) is 7.63. The molecule has 0 bridgehead atoms. The van der Waals surface area contributed by atoms with Gasteiger partial charge in [0.05, 0.1) is 11.9 Å². The number of amides is 2. The normalized spacial score (nSPS) is 14.4. The molecule has 2 aromatic heterocycles. The molecule has 5 rings (SSSR count). The molecule has 2 aromatic carbocycles. The molecule has 3 heterocycles. The number of hydrogen-bond donors (Lipinski definition) is 4. The molecule has 45 heavy (non-hydrogen) atoms. The Morgan fingerprint density at radius 1 is 1.11 bits per heavy atom. The molecule has 14 heteroatoms. The fourth-order valence-electron chi connectivity index (χ4n) is 5.28. The van der Waals surface area contributed by atoms with E-state index < -0.39 is 24.0 Å². The molecule has 1 saturated heterocycles. The fraction of sp³-hybridized carbons (Fsp3) is 0.355. The van der Waals surface area contributed by atoms with Crippen molar-refractivity contribution in [3.8, 4) is 17.0 Å². The van der Waals surface area contributed by atoms with Gasteiger partial charge in [0.1, 0.15) is 0 Å². The lowest BCUT2D eigenvalue weighted by Crippen LogP contribution is -2.45. The third kappa shape index (κ3) is 7.17. The summed E-state index contributed by atoms with van der Waals surface area (Å²) in [6, 6.07) is 6.99. The molecule has 10 nitrogen and oxygen atoms in total. The minimum Gasteiger partial charge on any atom is -0.432 e. The van der Waals surface area contributed by atoms with Crippen molar-refractivity contribution in [2.75, 3.05) is 25.0 Å². The summed E-state index contributed by atoms with van der Waals surface area (Å²) in [5.74, 6) is -3.77. The van der Waals surface area contributed by atoms with E-state index in [0.717, 1.165) is 43.6 Å². The molecule has 1 atom stereocenters. The summed E-state index contributed by atoms with van der Waals surface area (Å²) in [6.07, 6.45) is 6.41. The van der Waals surface area contributed by atoms with Gasteiger partial charge < -0.3 is 26.0 Å². The Labute approximate surface area is 256 Å². The van der Waals surface area contributed by atoms with Crippen LogP contribution in [0.25, 0.3) is 16.9 Å². The van der Waals surface area contributed by atoms with Crippen LogP contribution < -0.4 is 26.0 Å². The second-order valence-electron chi connectivity index (χ2n) is 10.7. The monoisotopic (exact) mass is 627 g/mol. The molecule has 0 unspecified atom stereocenters. The topological polar surface area (TPSA) is 122 Å². The van der Waals surface area contributed by atoms with Crippen LogP contribution in [0.4, 0.5) is 29.1 Å². The van der Waals surface area contributed by atoms with E-state index in [9.17, 15) is 27.2 Å². The largest absolute Gasteiger partial charge is 0.432 e. The van der Waals surface area contributed by atoms with E-state index in [-0.39, 0.29) is 35.0 Å². The van der Waals surface area contributed by atoms with Crippen molar-refractivity contribution in [2.45, 2.75) is 45.8 Å². The lowest BCUT2D eigenvalue weighted by atomic mass is 9.97. The average Bonchev–Trinajstić information content (AvgIpc) is 3.47. The Balaban J connectivity index is 1.29. The van der Waals surface area contributed by atoms with Crippen molar-refractivity contribution in [1.29, 1.82) is 0 Å². The first-order valence-corrected chi connectivity index (χ1v) is 14.6. The number of alkyl halides is 2. The van der Waals surface area contributed by atoms with Crippen LogP contribution in [0.15, 0.2) is 48.9 Å². The van der Waals surface area contributed by atoms with Crippen LogP contribution >= 0.6 is 0 Å². The number of aromatic nitrogens is 3. The lowest BCUT2D eigenvalue weighted by molar-refractivity contribution is -0.125. The molecule has 4 N–H and O–H groups in total. The molecular formula is C31H33F4N7O3. The second-order valence-corrected chi connectivity index (χ2v) is 10.7. The summed E-state index contributed by atoms with van der Waals surface area (Å²) >= 11 is 0. The molecule has 4 aromatic rings. The quantitative estimate of drug-likeness (QED) is 0.176. The lowest BCUT2D eigenvalue weighted by Gasteiger charge is -2.23. The highest BCUT2D eigenvalue weighted by atomic mass is 19.3. The van der Waals surface area contributed by atoms with Crippen LogP contribution in [0.5, 0.6) is 5.75 Å². The molecule has 1 aliphatic rings. The van der Waals surface area contributed by atoms with Gasteiger partial charge in [-0.1, -0.05) is 6.92 Å². The molecule has 1 fully saturated rings. The van der Waals surface area contributed by atoms with Crippen LogP contribution in [0, 0.1) is 17.6 Å². The highest BCUT2D eigenvalue weighted by Gasteiger charge is 2.23. The predicted octanol–water partition coefficient (Wildman–Crippen LogP) is 4.82. The van der Waals surface area contributed by atoms with Crippen molar-refractivity contribution < 1.29 is 31.9 Å². The number of carbonyl (C=O) groups excluding carboxylic acids is 2. The van der Waals surface area contributed by atoms with Gasteiger partial charge in [-0.05, 0) is 75.2 Å². The minimum absolute atomic E-state index is 0.00478. The zero-order valence-electron chi connectivity index (χ0n) is 24.7. The first-order chi connectivity index (χ1) is 21.7. The maximum absolute atomic E-state index is 14.8. The number of nitrogens with one attached hydrogen (secondary N) is 4. The molecule has 1 aliphatic heterocycles. The first kappa shape index (κ1) is 31.7. The Kier molecular flexibility index (Phi) is 9.81. The number of imidazole rings is 1. The van der Waals surface area contributed by atoms with Gasteiger partial charge in [0.25, 0.3) is 5.91 Å². The Morgan fingerprint density at radius 2 is 1.89 bits per heavy atom. The maximum Gasteiger partial charge on any atom is 0.387 e. The minimum atomic E-state index is -3.30. The first-order valence-electron chi connectivity index (χ1n) is 14.6. The number of hydrogen-bond acceptors (Lipinski definition) is 7. The van der Waals surface area contributed by atoms with E-state index in [1.54, 1.807) is 12.1 Å². The van der Waals surface area contributed by atoms with Gasteiger partial charge in [-0.25, -0.2) is 14.4 Å². The summed E-state index contributed by atoms with van der Waals surface area (Å²) < 4.78 is 59.8. The number of aryl methyl sites for hydroxylation is 1. The van der Waals surface area contributed by atoms with Crippen LogP contribution in [-0.4, -0.2) is 58.5 Å². The number of halogens is 4. The van der Waals surface area contributed by atoms with Crippen LogP contribution in [0.3, 0.4) is 0 Å². The van der Waals surface area contributed by atoms with Gasteiger partial charge in [0.15, 0.2) is 23.0 Å². The smallest absolute Gasteiger partial charge is 0.387 e. The number of piperidine rings is 1. The summed E-state index contributed by atoms with van der Waals surface area (Å²) in [5, 5.41) is 12.3. The van der Waals surface area contributed by atoms with Crippen LogP contribution in [-0.2, 0) is 11.2 Å². The van der Waals surface area contributed by atoms with E-state index in [0.29, 0.717) is 35.7 Å².